The second-order valence-electron chi connectivity index (χ2n) is 6.48. The molecule has 182 valence electrons. The summed E-state index contributed by atoms with van der Waals surface area (Å²) in [7, 11) is 0. The summed E-state index contributed by atoms with van der Waals surface area (Å²) >= 11 is 5.50. The number of nitrogens with zero attached hydrogens (tertiary/aromatic N) is 7. The van der Waals surface area contributed by atoms with Gasteiger partial charge in [-0.15, -0.1) is 11.8 Å². The van der Waals surface area contributed by atoms with Crippen LogP contribution in [0.2, 0.25) is 5.15 Å². The largest absolute Gasteiger partial charge is 1.00 e. The topological polar surface area (TPSA) is 149 Å². The third kappa shape index (κ3) is 22.8. The molecule has 0 aliphatic rings. The van der Waals surface area contributed by atoms with Crippen molar-refractivity contribution < 1.29 is 61.0 Å². The molecule has 0 aliphatic heterocycles. The van der Waals surface area contributed by atoms with Gasteiger partial charge in [0.15, 0.2) is 6.07 Å². The predicted molar refractivity (Wildman–Crippen MR) is 132 cm³/mol. The van der Waals surface area contributed by atoms with Crippen LogP contribution in [-0.2, 0) is 9.59 Å². The number of hydrogen-bond acceptors (Lipinski definition) is 8. The van der Waals surface area contributed by atoms with Crippen LogP contribution in [0.15, 0.2) is 55.0 Å². The van der Waals surface area contributed by atoms with Crippen LogP contribution in [0, 0.1) is 68.3 Å². The Bertz CT molecular complexity index is 1110. The van der Waals surface area contributed by atoms with Gasteiger partial charge in [0.2, 0.25) is 0 Å². The molecule has 0 bridgehead atoms. The minimum atomic E-state index is -0.759. The molecule has 1 unspecified atom stereocenters. The molecule has 0 radical (unpaired) electrons. The number of hydrogen-bond donors (Lipinski definition) is 0. The molecular formula is C26H23ClKN7O2. The first kappa shape index (κ1) is 38.1. The smallest absolute Gasteiger partial charge is 0.295 e. The monoisotopic (exact) mass is 539 g/mol. The molecule has 9 nitrogen and oxygen atoms in total. The van der Waals surface area contributed by atoms with Crippen molar-refractivity contribution in [3.05, 3.63) is 107 Å². The van der Waals surface area contributed by atoms with Crippen molar-refractivity contribution in [1.82, 2.24) is 15.0 Å². The van der Waals surface area contributed by atoms with E-state index in [1.54, 1.807) is 36.7 Å². The summed E-state index contributed by atoms with van der Waals surface area (Å²) in [4.78, 5) is 31.2. The van der Waals surface area contributed by atoms with Crippen molar-refractivity contribution in [3.63, 3.8) is 0 Å². The first-order valence-corrected chi connectivity index (χ1v) is 10.3. The van der Waals surface area contributed by atoms with Gasteiger partial charge in [-0.3, -0.25) is 14.8 Å². The first-order valence-electron chi connectivity index (χ1n) is 9.93. The molecular weight excluding hydrogens is 517 g/mol. The Kier molecular flexibility index (Phi) is 26.5. The predicted octanol–water partition coefficient (Wildman–Crippen LogP) is 2.33. The molecule has 3 heterocycles. The van der Waals surface area contributed by atoms with Gasteiger partial charge in [0.1, 0.15) is 17.3 Å². The Morgan fingerprint density at radius 2 is 1.35 bits per heavy atom. The number of pyridine rings is 3. The van der Waals surface area contributed by atoms with Crippen LogP contribution in [0.3, 0.4) is 0 Å². The van der Waals surface area contributed by atoms with E-state index in [4.69, 9.17) is 43.5 Å². The zero-order valence-electron chi connectivity index (χ0n) is 21.0. The zero-order valence-corrected chi connectivity index (χ0v) is 24.9. The molecule has 3 aromatic rings. The molecule has 0 amide bonds. The number of aryl methyl sites for hydroxylation is 3. The van der Waals surface area contributed by atoms with Crippen molar-refractivity contribution in [1.29, 1.82) is 15.8 Å². The zero-order chi connectivity index (χ0) is 27.8. The minimum Gasteiger partial charge on any atom is -0.295 e. The Labute approximate surface area is 265 Å². The van der Waals surface area contributed by atoms with Gasteiger partial charge in [0.05, 0.1) is 12.1 Å². The Morgan fingerprint density at radius 1 is 0.892 bits per heavy atom. The van der Waals surface area contributed by atoms with E-state index < -0.39 is 6.04 Å². The summed E-state index contributed by atoms with van der Waals surface area (Å²) in [5, 5.41) is 24.3. The molecule has 0 N–H and O–H groups in total. The Balaban J connectivity index is -0.000000413. The molecule has 0 saturated carbocycles. The van der Waals surface area contributed by atoms with Gasteiger partial charge < -0.3 is 0 Å². The van der Waals surface area contributed by atoms with E-state index in [2.05, 4.69) is 26.7 Å². The summed E-state index contributed by atoms with van der Waals surface area (Å²) in [6.07, 6.45) is 5.45. The summed E-state index contributed by atoms with van der Waals surface area (Å²) < 4.78 is 0. The number of halogens is 1. The van der Waals surface area contributed by atoms with Gasteiger partial charge in [0, 0.05) is 18.6 Å². The van der Waals surface area contributed by atoms with Crippen molar-refractivity contribution >= 4 is 17.8 Å². The van der Waals surface area contributed by atoms with Crippen LogP contribution in [0.4, 0.5) is 0 Å². The maximum absolute atomic E-state index is 8.55. The first-order chi connectivity index (χ1) is 17.2. The molecule has 0 saturated heterocycles. The van der Waals surface area contributed by atoms with Crippen molar-refractivity contribution in [2.24, 2.45) is 0 Å². The van der Waals surface area contributed by atoms with Crippen LogP contribution >= 0.6 is 11.6 Å². The van der Waals surface area contributed by atoms with Crippen LogP contribution in [0.1, 0.15) is 40.5 Å². The number of rotatable bonds is 1. The fourth-order valence-corrected chi connectivity index (χ4v) is 1.90. The van der Waals surface area contributed by atoms with Crippen molar-refractivity contribution in [2.45, 2.75) is 33.2 Å². The van der Waals surface area contributed by atoms with Gasteiger partial charge in [-0.2, -0.15) is 31.4 Å². The van der Waals surface area contributed by atoms with Crippen LogP contribution < -0.4 is 51.4 Å². The maximum atomic E-state index is 8.55. The average Bonchev–Trinajstić information content (AvgIpc) is 2.87. The quantitative estimate of drug-likeness (QED) is 0.260. The Hall–Kier alpha value is -3.41. The van der Waals surface area contributed by atoms with E-state index >= 15 is 0 Å². The van der Waals surface area contributed by atoms with Crippen molar-refractivity contribution in [2.75, 3.05) is 0 Å². The molecule has 0 aromatic carbocycles. The average molecular weight is 540 g/mol. The second kappa shape index (κ2) is 25.7. The molecule has 3 aromatic heterocycles. The summed E-state index contributed by atoms with van der Waals surface area (Å²) in [6, 6.07) is 15.6. The van der Waals surface area contributed by atoms with Crippen LogP contribution in [0.25, 0.3) is 4.85 Å². The molecule has 11 heteroatoms. The summed E-state index contributed by atoms with van der Waals surface area (Å²) in [6.45, 7) is 16.3. The fourth-order valence-electron chi connectivity index (χ4n) is 1.79. The maximum Gasteiger partial charge on any atom is 1.00 e. The van der Waals surface area contributed by atoms with Gasteiger partial charge in [-0.05, 0) is 44.0 Å². The van der Waals surface area contributed by atoms with Gasteiger partial charge >= 0.3 is 63.6 Å². The van der Waals surface area contributed by atoms with E-state index in [1.165, 1.54) is 5.56 Å². The minimum absolute atomic E-state index is 0. The summed E-state index contributed by atoms with van der Waals surface area (Å²) in [5.74, 6) is 0. The standard InChI is InChI=1S/C9H7N3.C7H8N.C6H6ClN.C3H2N2.CO2.K/c1-7-3-4-8(12-6-7)9(5-10)11-2;1-6-3-4-7(2)8-5-6;1-5-2-3-6(7)8-4-5;4-2-1-3-5;2-1-3;/h3-4,6,9H,1H3;3-5H,2H2,1H3;2-4H,1H3;1H2;;/q;-1;;;;+1. The molecule has 0 aliphatic carbocycles. The molecule has 37 heavy (non-hydrogen) atoms. The van der Waals surface area contributed by atoms with E-state index in [0.29, 0.717) is 10.8 Å². The molecule has 3 rings (SSSR count). The van der Waals surface area contributed by atoms with Gasteiger partial charge in [-0.1, -0.05) is 29.3 Å². The van der Waals surface area contributed by atoms with Crippen LogP contribution in [-0.4, -0.2) is 21.1 Å². The van der Waals surface area contributed by atoms with E-state index in [-0.39, 0.29) is 64.0 Å². The Morgan fingerprint density at radius 3 is 1.59 bits per heavy atom. The molecule has 0 fully saturated rings. The molecule has 0 spiro atoms. The van der Waals surface area contributed by atoms with E-state index in [0.717, 1.165) is 16.8 Å². The van der Waals surface area contributed by atoms with Crippen molar-refractivity contribution in [3.8, 4) is 18.2 Å². The normalized spacial score (nSPS) is 8.43. The number of carbonyl (C=O) groups excluding carboxylic acids is 2. The van der Waals surface area contributed by atoms with Gasteiger partial charge in [-0.25, -0.2) is 18.5 Å². The third-order valence-electron chi connectivity index (χ3n) is 3.47. The molecule has 1 atom stereocenters. The van der Waals surface area contributed by atoms with E-state index in [1.807, 2.05) is 57.3 Å². The number of nitriles is 3. The fraction of sp³-hybridized carbons (Fsp3) is 0.192. The number of aromatic nitrogens is 3. The van der Waals surface area contributed by atoms with Gasteiger partial charge in [0.25, 0.3) is 0 Å². The summed E-state index contributed by atoms with van der Waals surface area (Å²) in [5.41, 5.74) is 4.70. The van der Waals surface area contributed by atoms with E-state index in [9.17, 15) is 0 Å². The SMILES string of the molecule is Cc1ccc(Cl)nc1.N#CCC#N.O=C=O.[C-]#[N+]C(C#N)c1ccc(C)cn1.[CH2-]c1ccc(C)cn1.[K+]. The third-order valence-corrected chi connectivity index (χ3v) is 3.70. The second-order valence-corrected chi connectivity index (χ2v) is 6.87. The van der Waals surface area contributed by atoms with Crippen LogP contribution in [0.5, 0.6) is 0 Å².